The first-order valence-corrected chi connectivity index (χ1v) is 2.63. The number of hydrogen-bond acceptors (Lipinski definition) is 2. The summed E-state index contributed by atoms with van der Waals surface area (Å²) in [6, 6.07) is 0. The molecule has 0 saturated heterocycles. The van der Waals surface area contributed by atoms with Crippen molar-refractivity contribution < 1.29 is 0 Å². The number of hydrazone groups is 1. The summed E-state index contributed by atoms with van der Waals surface area (Å²) in [5.74, 6) is 4.78. The van der Waals surface area contributed by atoms with E-state index in [0.717, 1.165) is 12.8 Å². The molecule has 48 valence electrons. The number of nitrogens with zero attached hydrogens (tertiary/aromatic N) is 1. The summed E-state index contributed by atoms with van der Waals surface area (Å²) in [6.07, 6.45) is 3.83. The van der Waals surface area contributed by atoms with Gasteiger partial charge in [0.2, 0.25) is 0 Å². The molecule has 0 aromatic heterocycles. The van der Waals surface area contributed by atoms with Crippen molar-refractivity contribution in [2.45, 2.75) is 19.8 Å². The molecule has 8 heavy (non-hydrogen) atoms. The maximum absolute atomic E-state index is 4.78. The molecule has 0 atom stereocenters. The van der Waals surface area contributed by atoms with Crippen molar-refractivity contribution in [1.29, 1.82) is 0 Å². The van der Waals surface area contributed by atoms with Gasteiger partial charge >= 0.3 is 0 Å². The van der Waals surface area contributed by atoms with Gasteiger partial charge in [-0.25, -0.2) is 0 Å². The van der Waals surface area contributed by atoms with E-state index in [1.165, 1.54) is 0 Å². The summed E-state index contributed by atoms with van der Waals surface area (Å²) >= 11 is 0. The highest BCUT2D eigenvalue weighted by molar-refractivity contribution is 5.56. The normalized spacial score (nSPS) is 8.12. The molecule has 0 spiro atoms. The van der Waals surface area contributed by atoms with Crippen LogP contribution in [0, 0.1) is 0 Å². The standard InChI is InChI=1S/C4H10N2.C2H4/c1-2-3-4-6-5;1-2/h4H,2-3,5H2,1H3;1-2H2/b6-4-;. The zero-order chi connectivity index (χ0) is 6.83. The second-order valence-corrected chi connectivity index (χ2v) is 1.12. The van der Waals surface area contributed by atoms with Crippen LogP contribution < -0.4 is 5.84 Å². The van der Waals surface area contributed by atoms with Crippen LogP contribution in [0.25, 0.3) is 0 Å². The summed E-state index contributed by atoms with van der Waals surface area (Å²) in [7, 11) is 0. The molecule has 0 aromatic carbocycles. The second-order valence-electron chi connectivity index (χ2n) is 1.12. The van der Waals surface area contributed by atoms with Crippen LogP contribution in [0.15, 0.2) is 18.3 Å². The van der Waals surface area contributed by atoms with Crippen molar-refractivity contribution in [3.8, 4) is 0 Å². The van der Waals surface area contributed by atoms with E-state index in [0.29, 0.717) is 0 Å². The Balaban J connectivity index is 0. The first-order valence-electron chi connectivity index (χ1n) is 2.63. The first kappa shape index (κ1) is 10.2. The molecule has 2 heteroatoms. The van der Waals surface area contributed by atoms with E-state index in [4.69, 9.17) is 5.84 Å². The third kappa shape index (κ3) is 18.9. The Morgan fingerprint density at radius 1 is 1.62 bits per heavy atom. The lowest BCUT2D eigenvalue weighted by atomic mass is 10.4. The molecule has 0 saturated carbocycles. The van der Waals surface area contributed by atoms with Crippen LogP contribution >= 0.6 is 0 Å². The van der Waals surface area contributed by atoms with E-state index >= 15 is 0 Å². The molecular weight excluding hydrogens is 100 g/mol. The highest BCUT2D eigenvalue weighted by Crippen LogP contribution is 1.76. The molecule has 0 bridgehead atoms. The molecular formula is C6H14N2. The van der Waals surface area contributed by atoms with Gasteiger partial charge in [0, 0.05) is 6.21 Å². The van der Waals surface area contributed by atoms with Crippen molar-refractivity contribution in [2.24, 2.45) is 10.9 Å². The van der Waals surface area contributed by atoms with Gasteiger partial charge in [0.25, 0.3) is 0 Å². The largest absolute Gasteiger partial charge is 0.324 e. The van der Waals surface area contributed by atoms with E-state index in [-0.39, 0.29) is 0 Å². The van der Waals surface area contributed by atoms with Gasteiger partial charge in [-0.15, -0.1) is 13.2 Å². The van der Waals surface area contributed by atoms with E-state index in [2.05, 4.69) is 25.2 Å². The Morgan fingerprint density at radius 3 is 2.25 bits per heavy atom. The number of rotatable bonds is 2. The average molecular weight is 114 g/mol. The Labute approximate surface area is 51.1 Å². The zero-order valence-corrected chi connectivity index (χ0v) is 5.43. The lowest BCUT2D eigenvalue weighted by molar-refractivity contribution is 1.00. The third-order valence-corrected chi connectivity index (χ3v) is 0.523. The van der Waals surface area contributed by atoms with E-state index in [9.17, 15) is 0 Å². The molecule has 0 aliphatic carbocycles. The van der Waals surface area contributed by atoms with Crippen molar-refractivity contribution in [3.63, 3.8) is 0 Å². The minimum Gasteiger partial charge on any atom is -0.324 e. The summed E-state index contributed by atoms with van der Waals surface area (Å²) in [4.78, 5) is 0. The van der Waals surface area contributed by atoms with Gasteiger partial charge in [-0.1, -0.05) is 13.3 Å². The zero-order valence-electron chi connectivity index (χ0n) is 5.43. The van der Waals surface area contributed by atoms with Gasteiger partial charge < -0.3 is 5.84 Å². The molecule has 0 amide bonds. The van der Waals surface area contributed by atoms with Crippen LogP contribution in [-0.4, -0.2) is 6.21 Å². The molecule has 0 radical (unpaired) electrons. The van der Waals surface area contributed by atoms with Gasteiger partial charge in [0.15, 0.2) is 0 Å². The quantitative estimate of drug-likeness (QED) is 0.251. The topological polar surface area (TPSA) is 38.4 Å². The van der Waals surface area contributed by atoms with Crippen molar-refractivity contribution in [3.05, 3.63) is 13.2 Å². The number of nitrogens with two attached hydrogens (primary N) is 1. The third-order valence-electron chi connectivity index (χ3n) is 0.523. The fraction of sp³-hybridized carbons (Fsp3) is 0.500. The molecule has 0 aromatic rings. The molecule has 0 aliphatic heterocycles. The average Bonchev–Trinajstić information content (AvgIpc) is 1.88. The first-order chi connectivity index (χ1) is 3.91. The molecule has 2 N–H and O–H groups in total. The minimum absolute atomic E-state index is 0.997. The second kappa shape index (κ2) is 16.4. The molecule has 0 unspecified atom stereocenters. The minimum atomic E-state index is 0.997. The summed E-state index contributed by atoms with van der Waals surface area (Å²) in [6.45, 7) is 8.09. The summed E-state index contributed by atoms with van der Waals surface area (Å²) < 4.78 is 0. The molecule has 0 fully saturated rings. The highest BCUT2D eigenvalue weighted by Gasteiger charge is 1.66. The summed E-state index contributed by atoms with van der Waals surface area (Å²) in [5, 5.41) is 3.30. The van der Waals surface area contributed by atoms with Crippen LogP contribution in [0.2, 0.25) is 0 Å². The van der Waals surface area contributed by atoms with Gasteiger partial charge in [0.1, 0.15) is 0 Å². The summed E-state index contributed by atoms with van der Waals surface area (Å²) in [5.41, 5.74) is 0. The predicted molar refractivity (Wildman–Crippen MR) is 38.8 cm³/mol. The fourth-order valence-corrected chi connectivity index (χ4v) is 0.204. The van der Waals surface area contributed by atoms with Gasteiger partial charge in [-0.2, -0.15) is 5.10 Å². The highest BCUT2D eigenvalue weighted by atomic mass is 15.1. The Morgan fingerprint density at radius 2 is 2.12 bits per heavy atom. The molecule has 0 rings (SSSR count). The smallest absolute Gasteiger partial charge is 0.0240 e. The van der Waals surface area contributed by atoms with Crippen molar-refractivity contribution in [1.82, 2.24) is 0 Å². The monoisotopic (exact) mass is 114 g/mol. The molecule has 0 aliphatic rings. The van der Waals surface area contributed by atoms with E-state index < -0.39 is 0 Å². The predicted octanol–water partition coefficient (Wildman–Crippen LogP) is 1.53. The van der Waals surface area contributed by atoms with Gasteiger partial charge in [-0.3, -0.25) is 0 Å². The number of hydrogen-bond donors (Lipinski definition) is 1. The number of unbranched alkanes of at least 4 members (excludes halogenated alkanes) is 1. The molecule has 2 nitrogen and oxygen atoms in total. The Kier molecular flexibility index (Phi) is 20.9. The Hall–Kier alpha value is -0.790. The Bertz CT molecular complexity index is 50.5. The van der Waals surface area contributed by atoms with Crippen molar-refractivity contribution >= 4 is 6.21 Å². The van der Waals surface area contributed by atoms with E-state index in [1.807, 2.05) is 0 Å². The van der Waals surface area contributed by atoms with Gasteiger partial charge in [-0.05, 0) is 6.42 Å². The van der Waals surface area contributed by atoms with Crippen molar-refractivity contribution in [2.75, 3.05) is 0 Å². The maximum atomic E-state index is 4.78. The van der Waals surface area contributed by atoms with E-state index in [1.54, 1.807) is 6.21 Å². The SMILES string of the molecule is C=C.CCC/C=N\N. The fourth-order valence-electron chi connectivity index (χ4n) is 0.204. The van der Waals surface area contributed by atoms with Crippen LogP contribution in [0.4, 0.5) is 0 Å². The maximum Gasteiger partial charge on any atom is 0.0240 e. The lowest BCUT2D eigenvalue weighted by Crippen LogP contribution is -1.80. The van der Waals surface area contributed by atoms with Crippen LogP contribution in [0.3, 0.4) is 0 Å². The van der Waals surface area contributed by atoms with Crippen LogP contribution in [0.1, 0.15) is 19.8 Å². The van der Waals surface area contributed by atoms with Gasteiger partial charge in [0.05, 0.1) is 0 Å². The van der Waals surface area contributed by atoms with Crippen LogP contribution in [-0.2, 0) is 0 Å². The van der Waals surface area contributed by atoms with Crippen LogP contribution in [0.5, 0.6) is 0 Å². The lowest BCUT2D eigenvalue weighted by Gasteiger charge is -1.75. The molecule has 0 heterocycles.